The molecule has 5 heteroatoms. The smallest absolute Gasteiger partial charge is 0.0134 e. The Morgan fingerprint density at radius 1 is 0.169 bits per heavy atom. The van der Waals surface area contributed by atoms with Gasteiger partial charge in [0.2, 0.25) is 0 Å². The van der Waals surface area contributed by atoms with Crippen molar-refractivity contribution in [1.29, 1.82) is 0 Å². The predicted octanol–water partition coefficient (Wildman–Crippen LogP) is 10.8. The quantitative estimate of drug-likeness (QED) is 0.100. The van der Waals surface area contributed by atoms with Gasteiger partial charge in [0, 0.05) is 0 Å². The van der Waals surface area contributed by atoms with Crippen molar-refractivity contribution in [1.82, 2.24) is 0 Å². The number of rotatable bonds is 9. The number of hydrogen-bond acceptors (Lipinski definition) is 0. The summed E-state index contributed by atoms with van der Waals surface area (Å²) in [6.07, 6.45) is 0. The molecule has 9 aromatic rings. The SMILES string of the molecule is [F][Cu].c1ccc(P(c2ccccc2)c2ccccc2)cc1.c1ccc(P(c2ccccc2)c2ccccc2)cc1.c1ccc(P(c2ccccc2)c2ccccc2)cc1. The van der Waals surface area contributed by atoms with Crippen LogP contribution in [0.4, 0.5) is 3.55 Å². The first-order chi connectivity index (χ1) is 29.3. The Bertz CT molecular complexity index is 1870. The minimum absolute atomic E-state index is 0.446. The molecular formula is C54H45CuFP3. The van der Waals surface area contributed by atoms with E-state index in [1.165, 1.54) is 47.7 Å². The largest absolute Gasteiger partial charge is 0.0622 e. The Balaban J connectivity index is 0.000000146. The van der Waals surface area contributed by atoms with E-state index in [1.807, 2.05) is 0 Å². The zero-order valence-electron chi connectivity index (χ0n) is 32.5. The van der Waals surface area contributed by atoms with Gasteiger partial charge >= 0.3 is 20.0 Å². The summed E-state index contributed by atoms with van der Waals surface area (Å²) < 4.78 is 9.06. The molecule has 294 valence electrons. The summed E-state index contributed by atoms with van der Waals surface area (Å²) >= 11 is 2.69. The van der Waals surface area contributed by atoms with Crippen LogP contribution >= 0.6 is 23.8 Å². The summed E-state index contributed by atoms with van der Waals surface area (Å²) in [5.41, 5.74) is 0. The molecule has 0 unspecified atom stereocenters. The third-order valence-corrected chi connectivity index (χ3v) is 16.5. The van der Waals surface area contributed by atoms with E-state index in [2.05, 4.69) is 289 Å². The maximum atomic E-state index is 9.06. The molecule has 0 spiro atoms. The Morgan fingerprint density at radius 3 is 0.339 bits per heavy atom. The fraction of sp³-hybridized carbons (Fsp3) is 0. The molecular weight excluding hydrogens is 824 g/mol. The van der Waals surface area contributed by atoms with Crippen LogP contribution in [0.15, 0.2) is 273 Å². The first-order valence-electron chi connectivity index (χ1n) is 19.3. The van der Waals surface area contributed by atoms with Crippen LogP contribution in [0.25, 0.3) is 0 Å². The monoisotopic (exact) mass is 868 g/mol. The number of halogens is 1. The van der Waals surface area contributed by atoms with Gasteiger partial charge in [-0.05, 0) is 71.5 Å². The first-order valence-corrected chi connectivity index (χ1v) is 23.7. The minimum Gasteiger partial charge on any atom is -0.0622 e. The summed E-state index contributed by atoms with van der Waals surface area (Å²) in [4.78, 5) is 0. The topological polar surface area (TPSA) is 0 Å². The minimum atomic E-state index is -0.446. The van der Waals surface area contributed by atoms with Gasteiger partial charge in [0.15, 0.2) is 0 Å². The maximum absolute atomic E-state index is 9.06. The van der Waals surface area contributed by atoms with E-state index in [0.717, 1.165) is 0 Å². The maximum Gasteiger partial charge on any atom is -0.0134 e. The molecule has 9 rings (SSSR count). The summed E-state index contributed by atoms with van der Waals surface area (Å²) in [5.74, 6) is 0. The molecule has 0 N–H and O–H groups in total. The molecule has 0 radical (unpaired) electrons. The molecule has 0 nitrogen and oxygen atoms in total. The summed E-state index contributed by atoms with van der Waals surface area (Å²) in [7, 11) is -1.34. The Hall–Kier alpha value is -5.28. The molecule has 0 aliphatic heterocycles. The van der Waals surface area contributed by atoms with Crippen LogP contribution in [0, 0.1) is 0 Å². The van der Waals surface area contributed by atoms with Gasteiger partial charge in [-0.1, -0.05) is 273 Å². The number of benzene rings is 9. The van der Waals surface area contributed by atoms with Crippen molar-refractivity contribution in [3.8, 4) is 0 Å². The molecule has 59 heavy (non-hydrogen) atoms. The van der Waals surface area contributed by atoms with Crippen LogP contribution in [0.1, 0.15) is 0 Å². The van der Waals surface area contributed by atoms with Gasteiger partial charge in [0.05, 0.1) is 0 Å². The van der Waals surface area contributed by atoms with Crippen LogP contribution in [0.5, 0.6) is 0 Å². The van der Waals surface area contributed by atoms with Crippen LogP contribution in [-0.4, -0.2) is 0 Å². The zero-order chi connectivity index (χ0) is 40.7. The Labute approximate surface area is 362 Å². The van der Waals surface area contributed by atoms with Crippen molar-refractivity contribution in [3.05, 3.63) is 273 Å². The van der Waals surface area contributed by atoms with Gasteiger partial charge in [-0.15, -0.1) is 0 Å². The summed E-state index contributed by atoms with van der Waals surface area (Å²) in [6.45, 7) is 0. The van der Waals surface area contributed by atoms with E-state index >= 15 is 0 Å². The second kappa shape index (κ2) is 24.6. The van der Waals surface area contributed by atoms with Gasteiger partial charge in [-0.3, -0.25) is 0 Å². The van der Waals surface area contributed by atoms with Crippen LogP contribution in [-0.2, 0) is 16.5 Å². The molecule has 0 heterocycles. The molecule has 0 aliphatic carbocycles. The average molecular weight is 869 g/mol. The van der Waals surface area contributed by atoms with Crippen LogP contribution in [0.2, 0.25) is 0 Å². The van der Waals surface area contributed by atoms with Crippen molar-refractivity contribution in [3.63, 3.8) is 0 Å². The molecule has 0 bridgehead atoms. The second-order valence-corrected chi connectivity index (χ2v) is 19.7. The van der Waals surface area contributed by atoms with E-state index < -0.39 is 23.8 Å². The molecule has 0 aromatic heterocycles. The second-order valence-electron chi connectivity index (χ2n) is 13.0. The van der Waals surface area contributed by atoms with E-state index in [0.29, 0.717) is 0 Å². The van der Waals surface area contributed by atoms with Crippen molar-refractivity contribution >= 4 is 71.5 Å². The summed E-state index contributed by atoms with van der Waals surface area (Å²) in [5, 5.41) is 12.6. The van der Waals surface area contributed by atoms with Gasteiger partial charge in [0.25, 0.3) is 0 Å². The Kier molecular flexibility index (Phi) is 18.1. The van der Waals surface area contributed by atoms with E-state index in [4.69, 9.17) is 3.55 Å². The Morgan fingerprint density at radius 2 is 0.254 bits per heavy atom. The van der Waals surface area contributed by atoms with E-state index in [-0.39, 0.29) is 0 Å². The summed E-state index contributed by atoms with van der Waals surface area (Å²) in [6, 6.07) is 97.0. The fourth-order valence-corrected chi connectivity index (χ4v) is 13.5. The molecule has 0 amide bonds. The molecule has 9 aromatic carbocycles. The normalized spacial score (nSPS) is 10.3. The van der Waals surface area contributed by atoms with Gasteiger partial charge in [-0.25, -0.2) is 0 Å². The third kappa shape index (κ3) is 12.9. The van der Waals surface area contributed by atoms with E-state index in [1.54, 1.807) is 0 Å². The third-order valence-electron chi connectivity index (χ3n) is 9.13. The molecule has 0 saturated carbocycles. The van der Waals surface area contributed by atoms with Crippen molar-refractivity contribution in [2.24, 2.45) is 0 Å². The van der Waals surface area contributed by atoms with Gasteiger partial charge in [0.1, 0.15) is 0 Å². The van der Waals surface area contributed by atoms with Crippen molar-refractivity contribution < 1.29 is 20.0 Å². The average Bonchev–Trinajstić information content (AvgIpc) is 3.34. The van der Waals surface area contributed by atoms with Gasteiger partial charge in [-0.2, -0.15) is 0 Å². The van der Waals surface area contributed by atoms with Crippen molar-refractivity contribution in [2.45, 2.75) is 0 Å². The first kappa shape index (κ1) is 43.3. The fourth-order valence-electron chi connectivity index (χ4n) is 6.54. The predicted molar refractivity (Wildman–Crippen MR) is 257 cm³/mol. The molecule has 0 fully saturated rings. The van der Waals surface area contributed by atoms with E-state index in [9.17, 15) is 0 Å². The zero-order valence-corrected chi connectivity index (χ0v) is 36.1. The molecule has 0 atom stereocenters. The van der Waals surface area contributed by atoms with Crippen LogP contribution < -0.4 is 47.7 Å². The van der Waals surface area contributed by atoms with Crippen molar-refractivity contribution in [2.75, 3.05) is 0 Å². The van der Waals surface area contributed by atoms with Crippen LogP contribution in [0.3, 0.4) is 0 Å². The molecule has 0 saturated heterocycles. The van der Waals surface area contributed by atoms with Gasteiger partial charge < -0.3 is 0 Å². The standard InChI is InChI=1S/3C18H15P.Cu.FH/c3*1-4-10-16(11-5-1)19(17-12-6-2-7-13-17)18-14-8-3-9-15-18;;/h3*1-15H;;1H/q;;;+1;/p-1. The molecule has 0 aliphatic rings. The number of hydrogen-bond donors (Lipinski definition) is 0.